The van der Waals surface area contributed by atoms with E-state index >= 15 is 0 Å². The second-order valence-electron chi connectivity index (χ2n) is 3.81. The van der Waals surface area contributed by atoms with Crippen molar-refractivity contribution in [1.29, 1.82) is 0 Å². The van der Waals surface area contributed by atoms with Gasteiger partial charge in [-0.2, -0.15) is 0 Å². The van der Waals surface area contributed by atoms with Gasteiger partial charge in [-0.05, 0) is 19.1 Å². The van der Waals surface area contributed by atoms with E-state index in [0.29, 0.717) is 11.5 Å². The lowest BCUT2D eigenvalue weighted by atomic mass is 10.4. The van der Waals surface area contributed by atoms with Gasteiger partial charge in [0.25, 0.3) is 0 Å². The van der Waals surface area contributed by atoms with Crippen molar-refractivity contribution in [3.63, 3.8) is 0 Å². The molecule has 0 bridgehead atoms. The number of esters is 1. The Labute approximate surface area is 112 Å². The molecule has 2 rings (SSSR count). The third-order valence-corrected chi connectivity index (χ3v) is 2.21. The highest BCUT2D eigenvalue weighted by molar-refractivity contribution is 5.86. The van der Waals surface area contributed by atoms with Crippen LogP contribution in [0.1, 0.15) is 17.2 Å². The molecule has 0 aromatic carbocycles. The van der Waals surface area contributed by atoms with Crippen molar-refractivity contribution < 1.29 is 23.4 Å². The molecule has 8 nitrogen and oxygen atoms in total. The summed E-state index contributed by atoms with van der Waals surface area (Å²) in [5.41, 5.74) is 0.689. The van der Waals surface area contributed by atoms with Crippen LogP contribution in [-0.2, 0) is 16.1 Å². The molecular weight excluding hydrogens is 268 g/mol. The Balaban J connectivity index is 1.87. The molecule has 8 heteroatoms. The smallest absolute Gasteiger partial charge is 0.433 e. The van der Waals surface area contributed by atoms with Gasteiger partial charge in [0.2, 0.25) is 0 Å². The van der Waals surface area contributed by atoms with E-state index in [1.807, 2.05) is 0 Å². The van der Waals surface area contributed by atoms with Gasteiger partial charge in [-0.15, -0.1) is 0 Å². The summed E-state index contributed by atoms with van der Waals surface area (Å²) >= 11 is 0. The van der Waals surface area contributed by atoms with Crippen LogP contribution in [0.15, 0.2) is 33.2 Å². The van der Waals surface area contributed by atoms with Gasteiger partial charge in [-0.3, -0.25) is 10.1 Å². The quantitative estimate of drug-likeness (QED) is 0.357. The summed E-state index contributed by atoms with van der Waals surface area (Å²) in [6, 6.07) is 4.22. The molecule has 20 heavy (non-hydrogen) atoms. The highest BCUT2D eigenvalue weighted by Gasteiger charge is 2.10. The molecule has 0 fully saturated rings. The Morgan fingerprint density at radius 1 is 1.55 bits per heavy atom. The predicted octanol–water partition coefficient (Wildman–Crippen LogP) is 2.24. The maximum absolute atomic E-state index is 11.4. The molecule has 2 aromatic heterocycles. The number of carbonyl (C=O) groups is 1. The lowest BCUT2D eigenvalue weighted by Gasteiger charge is -1.96. The predicted molar refractivity (Wildman–Crippen MR) is 65.4 cm³/mol. The normalized spacial score (nSPS) is 10.8. The fourth-order valence-corrected chi connectivity index (χ4v) is 1.35. The van der Waals surface area contributed by atoms with Gasteiger partial charge in [-0.25, -0.2) is 4.79 Å². The molecule has 0 radical (unpaired) electrons. The van der Waals surface area contributed by atoms with Gasteiger partial charge in [0.05, 0.1) is 11.8 Å². The standard InChI is InChI=1S/C12H10N2O6/c1-8-6-10(20-13-8)7-18-12(15)5-3-9-2-4-11(19-9)14(16)17/h2-6H,7H2,1H3/b5-3+. The Morgan fingerprint density at radius 3 is 2.95 bits per heavy atom. The number of aromatic nitrogens is 1. The highest BCUT2D eigenvalue weighted by atomic mass is 16.6. The summed E-state index contributed by atoms with van der Waals surface area (Å²) in [6.45, 7) is 1.71. The first-order valence-electron chi connectivity index (χ1n) is 5.56. The molecule has 0 atom stereocenters. The van der Waals surface area contributed by atoms with E-state index in [2.05, 4.69) is 5.16 Å². The molecule has 0 aliphatic carbocycles. The molecule has 0 saturated carbocycles. The molecule has 0 aliphatic heterocycles. The number of nitro groups is 1. The van der Waals surface area contributed by atoms with Gasteiger partial charge in [0.15, 0.2) is 12.4 Å². The average molecular weight is 278 g/mol. The molecule has 2 heterocycles. The van der Waals surface area contributed by atoms with Crippen LogP contribution >= 0.6 is 0 Å². The van der Waals surface area contributed by atoms with Crippen molar-refractivity contribution in [3.8, 4) is 0 Å². The zero-order valence-corrected chi connectivity index (χ0v) is 10.4. The minimum atomic E-state index is -0.665. The number of hydrogen-bond donors (Lipinski definition) is 0. The number of hydrogen-bond acceptors (Lipinski definition) is 7. The Bertz CT molecular complexity index is 654. The molecule has 104 valence electrons. The van der Waals surface area contributed by atoms with Crippen LogP contribution in [0.25, 0.3) is 6.08 Å². The minimum absolute atomic E-state index is 0.0394. The van der Waals surface area contributed by atoms with E-state index in [4.69, 9.17) is 13.7 Å². The average Bonchev–Trinajstić information content (AvgIpc) is 3.03. The van der Waals surface area contributed by atoms with Crippen LogP contribution in [0.2, 0.25) is 0 Å². The summed E-state index contributed by atoms with van der Waals surface area (Å²) in [7, 11) is 0. The molecular formula is C12H10N2O6. The first-order valence-corrected chi connectivity index (χ1v) is 5.56. The van der Waals surface area contributed by atoms with Crippen LogP contribution < -0.4 is 0 Å². The zero-order chi connectivity index (χ0) is 14.5. The zero-order valence-electron chi connectivity index (χ0n) is 10.4. The van der Waals surface area contributed by atoms with Crippen LogP contribution in [0.5, 0.6) is 0 Å². The first kappa shape index (κ1) is 13.5. The van der Waals surface area contributed by atoms with Crippen molar-refractivity contribution in [2.45, 2.75) is 13.5 Å². The Hall–Kier alpha value is -2.90. The number of rotatable bonds is 5. The minimum Gasteiger partial charge on any atom is -0.454 e. The van der Waals surface area contributed by atoms with Crippen LogP contribution in [0.3, 0.4) is 0 Å². The van der Waals surface area contributed by atoms with Crippen molar-refractivity contribution in [2.24, 2.45) is 0 Å². The number of carbonyl (C=O) groups excluding carboxylic acids is 1. The second-order valence-corrected chi connectivity index (χ2v) is 3.81. The lowest BCUT2D eigenvalue weighted by Crippen LogP contribution is -1.99. The largest absolute Gasteiger partial charge is 0.454 e. The maximum Gasteiger partial charge on any atom is 0.433 e. The van der Waals surface area contributed by atoms with Crippen LogP contribution in [-0.4, -0.2) is 16.0 Å². The van der Waals surface area contributed by atoms with E-state index in [1.165, 1.54) is 18.2 Å². The van der Waals surface area contributed by atoms with E-state index in [1.54, 1.807) is 13.0 Å². The summed E-state index contributed by atoms with van der Waals surface area (Å²) in [5.74, 6) is -0.407. The van der Waals surface area contributed by atoms with E-state index < -0.39 is 16.8 Å². The molecule has 0 amide bonds. The number of nitrogens with zero attached hydrogens (tertiary/aromatic N) is 2. The monoisotopic (exact) mass is 278 g/mol. The van der Waals surface area contributed by atoms with Gasteiger partial charge < -0.3 is 13.7 Å². The van der Waals surface area contributed by atoms with E-state index in [9.17, 15) is 14.9 Å². The second kappa shape index (κ2) is 5.83. The number of aryl methyl sites for hydroxylation is 1. The van der Waals surface area contributed by atoms with Crippen molar-refractivity contribution in [3.05, 3.63) is 51.6 Å². The van der Waals surface area contributed by atoms with Gasteiger partial charge in [0, 0.05) is 12.1 Å². The molecule has 0 saturated heterocycles. The fraction of sp³-hybridized carbons (Fsp3) is 0.167. The van der Waals surface area contributed by atoms with Crippen LogP contribution in [0.4, 0.5) is 5.88 Å². The van der Waals surface area contributed by atoms with Crippen molar-refractivity contribution in [2.75, 3.05) is 0 Å². The summed E-state index contributed by atoms with van der Waals surface area (Å²) in [4.78, 5) is 21.1. The van der Waals surface area contributed by atoms with E-state index in [0.717, 1.165) is 6.08 Å². The van der Waals surface area contributed by atoms with Gasteiger partial charge >= 0.3 is 11.9 Å². The molecule has 0 unspecified atom stereocenters. The van der Waals surface area contributed by atoms with Crippen molar-refractivity contribution >= 4 is 17.9 Å². The van der Waals surface area contributed by atoms with Crippen molar-refractivity contribution in [1.82, 2.24) is 5.16 Å². The Morgan fingerprint density at radius 2 is 2.35 bits per heavy atom. The maximum atomic E-state index is 11.4. The lowest BCUT2D eigenvalue weighted by molar-refractivity contribution is -0.402. The topological polar surface area (TPSA) is 109 Å². The van der Waals surface area contributed by atoms with Gasteiger partial charge in [0.1, 0.15) is 10.7 Å². The molecule has 0 aliphatic rings. The highest BCUT2D eigenvalue weighted by Crippen LogP contribution is 2.16. The van der Waals surface area contributed by atoms with Crippen LogP contribution in [0, 0.1) is 17.0 Å². The SMILES string of the molecule is Cc1cc(COC(=O)/C=C/c2ccc([N+](=O)[O-])o2)on1. The summed E-state index contributed by atoms with van der Waals surface area (Å²) in [5, 5.41) is 14.0. The van der Waals surface area contributed by atoms with Gasteiger partial charge in [-0.1, -0.05) is 5.16 Å². The molecule has 0 N–H and O–H groups in total. The number of ether oxygens (including phenoxy) is 1. The molecule has 2 aromatic rings. The third-order valence-electron chi connectivity index (χ3n) is 2.21. The summed E-state index contributed by atoms with van der Waals surface area (Å²) < 4.78 is 14.6. The van der Waals surface area contributed by atoms with E-state index in [-0.39, 0.29) is 12.4 Å². The molecule has 0 spiro atoms. The third kappa shape index (κ3) is 3.55. The fourth-order valence-electron chi connectivity index (χ4n) is 1.35. The number of furan rings is 1. The first-order chi connectivity index (χ1) is 9.54. The Kier molecular flexibility index (Phi) is 3.94. The summed E-state index contributed by atoms with van der Waals surface area (Å²) in [6.07, 6.45) is 2.38.